The van der Waals surface area contributed by atoms with Crippen LogP contribution in [0, 0.1) is 0 Å². The van der Waals surface area contributed by atoms with Gasteiger partial charge in [0.05, 0.1) is 7.11 Å². The van der Waals surface area contributed by atoms with Gasteiger partial charge in [0.15, 0.2) is 0 Å². The van der Waals surface area contributed by atoms with Gasteiger partial charge in [-0.2, -0.15) is 0 Å². The van der Waals surface area contributed by atoms with Gasteiger partial charge in [0.2, 0.25) is 0 Å². The van der Waals surface area contributed by atoms with Crippen molar-refractivity contribution < 1.29 is 14.6 Å². The molecule has 0 saturated heterocycles. The predicted octanol–water partition coefficient (Wildman–Crippen LogP) is 2.98. The molecule has 0 bridgehead atoms. The van der Waals surface area contributed by atoms with Gasteiger partial charge >= 0.3 is 0 Å². The average molecular weight is 230 g/mol. The van der Waals surface area contributed by atoms with Gasteiger partial charge in [-0.3, -0.25) is 0 Å². The lowest BCUT2D eigenvalue weighted by Gasteiger charge is -2.08. The number of aromatic hydroxyl groups is 1. The summed E-state index contributed by atoms with van der Waals surface area (Å²) in [4.78, 5) is 0. The molecule has 2 aromatic carbocycles. The molecule has 3 heteroatoms. The molecule has 0 aliphatic heterocycles. The SMILES string of the molecule is COc1ccc(COc2ccccc2)c(O)c1. The van der Waals surface area contributed by atoms with Crippen LogP contribution in [0.4, 0.5) is 0 Å². The molecule has 2 rings (SSSR count). The van der Waals surface area contributed by atoms with Gasteiger partial charge in [-0.15, -0.1) is 0 Å². The lowest BCUT2D eigenvalue weighted by Crippen LogP contribution is -1.96. The van der Waals surface area contributed by atoms with E-state index in [4.69, 9.17) is 9.47 Å². The molecule has 0 spiro atoms. The van der Waals surface area contributed by atoms with Crippen LogP contribution >= 0.6 is 0 Å². The van der Waals surface area contributed by atoms with E-state index in [1.807, 2.05) is 30.3 Å². The number of para-hydroxylation sites is 1. The maximum Gasteiger partial charge on any atom is 0.125 e. The summed E-state index contributed by atoms with van der Waals surface area (Å²) in [6, 6.07) is 14.6. The highest BCUT2D eigenvalue weighted by atomic mass is 16.5. The molecule has 0 fully saturated rings. The molecule has 0 heterocycles. The first-order valence-electron chi connectivity index (χ1n) is 5.33. The smallest absolute Gasteiger partial charge is 0.125 e. The third-order valence-electron chi connectivity index (χ3n) is 2.43. The number of phenolic OH excluding ortho intramolecular Hbond substituents is 1. The summed E-state index contributed by atoms with van der Waals surface area (Å²) in [6.07, 6.45) is 0. The van der Waals surface area contributed by atoms with Crippen molar-refractivity contribution in [2.45, 2.75) is 6.61 Å². The Kier molecular flexibility index (Phi) is 3.50. The van der Waals surface area contributed by atoms with Crippen molar-refractivity contribution in [3.05, 3.63) is 54.1 Å². The highest BCUT2D eigenvalue weighted by Crippen LogP contribution is 2.24. The van der Waals surface area contributed by atoms with Gasteiger partial charge in [-0.25, -0.2) is 0 Å². The summed E-state index contributed by atoms with van der Waals surface area (Å²) >= 11 is 0. The minimum Gasteiger partial charge on any atom is -0.507 e. The van der Waals surface area contributed by atoms with Crippen LogP contribution < -0.4 is 9.47 Å². The molecule has 2 aromatic rings. The van der Waals surface area contributed by atoms with Crippen molar-refractivity contribution in [1.82, 2.24) is 0 Å². The van der Waals surface area contributed by atoms with Crippen LogP contribution in [0.3, 0.4) is 0 Å². The Morgan fingerprint density at radius 1 is 1.00 bits per heavy atom. The van der Waals surface area contributed by atoms with Crippen LogP contribution in [-0.2, 0) is 6.61 Å². The van der Waals surface area contributed by atoms with Gasteiger partial charge in [-0.1, -0.05) is 18.2 Å². The van der Waals surface area contributed by atoms with Crippen molar-refractivity contribution in [1.29, 1.82) is 0 Å². The highest BCUT2D eigenvalue weighted by Gasteiger charge is 2.03. The Morgan fingerprint density at radius 3 is 2.41 bits per heavy atom. The summed E-state index contributed by atoms with van der Waals surface area (Å²) in [7, 11) is 1.56. The molecule has 88 valence electrons. The largest absolute Gasteiger partial charge is 0.507 e. The van der Waals surface area contributed by atoms with Gasteiger partial charge < -0.3 is 14.6 Å². The minimum absolute atomic E-state index is 0.181. The Labute approximate surface area is 100 Å². The molecular weight excluding hydrogens is 216 g/mol. The zero-order valence-corrected chi connectivity index (χ0v) is 9.59. The number of methoxy groups -OCH3 is 1. The highest BCUT2D eigenvalue weighted by molar-refractivity contribution is 5.39. The van der Waals surface area contributed by atoms with E-state index in [9.17, 15) is 5.11 Å². The van der Waals surface area contributed by atoms with Crippen molar-refractivity contribution in [2.75, 3.05) is 7.11 Å². The van der Waals surface area contributed by atoms with E-state index in [0.29, 0.717) is 12.4 Å². The van der Waals surface area contributed by atoms with E-state index >= 15 is 0 Å². The molecule has 0 aliphatic carbocycles. The van der Waals surface area contributed by atoms with E-state index < -0.39 is 0 Å². The molecule has 0 aromatic heterocycles. The van der Waals surface area contributed by atoms with Crippen LogP contribution in [0.15, 0.2) is 48.5 Å². The Balaban J connectivity index is 2.04. The minimum atomic E-state index is 0.181. The molecule has 17 heavy (non-hydrogen) atoms. The number of phenols is 1. The first-order valence-corrected chi connectivity index (χ1v) is 5.33. The van der Waals surface area contributed by atoms with Crippen LogP contribution in [0.2, 0.25) is 0 Å². The monoisotopic (exact) mass is 230 g/mol. The fourth-order valence-corrected chi connectivity index (χ4v) is 1.47. The van der Waals surface area contributed by atoms with Crippen LogP contribution in [-0.4, -0.2) is 12.2 Å². The van der Waals surface area contributed by atoms with E-state index in [0.717, 1.165) is 11.3 Å². The standard InChI is InChI=1S/C14H14O3/c1-16-13-8-7-11(14(15)9-13)10-17-12-5-3-2-4-6-12/h2-9,15H,10H2,1H3. The second-order valence-corrected chi connectivity index (χ2v) is 3.60. The van der Waals surface area contributed by atoms with Crippen LogP contribution in [0.1, 0.15) is 5.56 Å². The molecule has 0 radical (unpaired) electrons. The Hall–Kier alpha value is -2.16. The predicted molar refractivity (Wildman–Crippen MR) is 65.4 cm³/mol. The van der Waals surface area contributed by atoms with Gasteiger partial charge in [0, 0.05) is 11.6 Å². The first-order chi connectivity index (χ1) is 8.29. The Morgan fingerprint density at radius 2 is 1.76 bits per heavy atom. The van der Waals surface area contributed by atoms with Crippen molar-refractivity contribution in [2.24, 2.45) is 0 Å². The van der Waals surface area contributed by atoms with E-state index in [1.165, 1.54) is 0 Å². The lowest BCUT2D eigenvalue weighted by atomic mass is 10.2. The molecule has 0 aliphatic rings. The second-order valence-electron chi connectivity index (χ2n) is 3.60. The van der Waals surface area contributed by atoms with Gasteiger partial charge in [0.1, 0.15) is 23.9 Å². The third kappa shape index (κ3) is 2.91. The first kappa shape index (κ1) is 11.3. The third-order valence-corrected chi connectivity index (χ3v) is 2.43. The van der Waals surface area contributed by atoms with Gasteiger partial charge in [0.25, 0.3) is 0 Å². The van der Waals surface area contributed by atoms with Crippen LogP contribution in [0.25, 0.3) is 0 Å². The van der Waals surface area contributed by atoms with Gasteiger partial charge in [-0.05, 0) is 24.3 Å². The number of benzene rings is 2. The fraction of sp³-hybridized carbons (Fsp3) is 0.143. The number of hydrogen-bond acceptors (Lipinski definition) is 3. The van der Waals surface area contributed by atoms with Crippen molar-refractivity contribution in [3.8, 4) is 17.2 Å². The zero-order valence-electron chi connectivity index (χ0n) is 9.59. The summed E-state index contributed by atoms with van der Waals surface area (Å²) in [5.74, 6) is 1.59. The quantitative estimate of drug-likeness (QED) is 0.877. The second kappa shape index (κ2) is 5.25. The molecule has 0 unspecified atom stereocenters. The van der Waals surface area contributed by atoms with Crippen molar-refractivity contribution in [3.63, 3.8) is 0 Å². The number of ether oxygens (including phenoxy) is 2. The number of rotatable bonds is 4. The molecular formula is C14H14O3. The van der Waals surface area contributed by atoms with Crippen molar-refractivity contribution >= 4 is 0 Å². The maximum absolute atomic E-state index is 9.74. The topological polar surface area (TPSA) is 38.7 Å². The summed E-state index contributed by atoms with van der Waals surface area (Å²) < 4.78 is 10.6. The summed E-state index contributed by atoms with van der Waals surface area (Å²) in [5, 5.41) is 9.74. The lowest BCUT2D eigenvalue weighted by molar-refractivity contribution is 0.298. The normalized spacial score (nSPS) is 9.94. The fourth-order valence-electron chi connectivity index (χ4n) is 1.47. The summed E-state index contributed by atoms with van der Waals surface area (Å²) in [6.45, 7) is 0.333. The Bertz CT molecular complexity index is 480. The molecule has 3 nitrogen and oxygen atoms in total. The van der Waals surface area contributed by atoms with Crippen LogP contribution in [0.5, 0.6) is 17.2 Å². The molecule has 0 amide bonds. The summed E-state index contributed by atoms with van der Waals surface area (Å²) in [5.41, 5.74) is 0.731. The molecule has 0 saturated carbocycles. The maximum atomic E-state index is 9.74. The van der Waals surface area contributed by atoms with E-state index in [-0.39, 0.29) is 5.75 Å². The number of hydrogen-bond donors (Lipinski definition) is 1. The molecule has 0 atom stereocenters. The molecule has 1 N–H and O–H groups in total. The van der Waals surface area contributed by atoms with E-state index in [2.05, 4.69) is 0 Å². The zero-order chi connectivity index (χ0) is 12.1. The average Bonchev–Trinajstić information content (AvgIpc) is 2.38. The van der Waals surface area contributed by atoms with E-state index in [1.54, 1.807) is 25.3 Å².